The minimum Gasteiger partial charge on any atom is -0.354 e. The van der Waals surface area contributed by atoms with Gasteiger partial charge in [-0.25, -0.2) is 0 Å². The normalized spacial score (nSPS) is 11.0. The van der Waals surface area contributed by atoms with E-state index in [0.717, 1.165) is 34.1 Å². The molecule has 0 atom stereocenters. The molecule has 0 aliphatic rings. The summed E-state index contributed by atoms with van der Waals surface area (Å²) in [6, 6.07) is 16.3. The molecule has 0 unspecified atom stereocenters. The van der Waals surface area contributed by atoms with Crippen LogP contribution in [-0.2, 0) is 6.42 Å². The number of aromatic amines is 1. The Kier molecular flexibility index (Phi) is 4.61. The lowest BCUT2D eigenvalue weighted by Gasteiger charge is -2.09. The van der Waals surface area contributed by atoms with Crippen molar-refractivity contribution in [2.75, 3.05) is 0 Å². The number of rotatable bonds is 5. The molecule has 1 heterocycles. The fraction of sp³-hybridized carbons (Fsp3) is 0.286. The van der Waals surface area contributed by atoms with Gasteiger partial charge in [-0.05, 0) is 43.0 Å². The van der Waals surface area contributed by atoms with Gasteiger partial charge in [-0.2, -0.15) is 0 Å². The number of aryl methyl sites for hydroxylation is 1. The molecule has 118 valence electrons. The second kappa shape index (κ2) is 6.82. The Bertz CT molecular complexity index is 859. The van der Waals surface area contributed by atoms with E-state index in [-0.39, 0.29) is 5.43 Å². The van der Waals surface area contributed by atoms with Crippen LogP contribution in [0.5, 0.6) is 0 Å². The van der Waals surface area contributed by atoms with E-state index in [1.54, 1.807) is 0 Å². The first-order valence-corrected chi connectivity index (χ1v) is 8.41. The Morgan fingerprint density at radius 1 is 0.957 bits per heavy atom. The van der Waals surface area contributed by atoms with Gasteiger partial charge < -0.3 is 4.98 Å². The molecule has 2 heteroatoms. The quantitative estimate of drug-likeness (QED) is 0.643. The van der Waals surface area contributed by atoms with E-state index in [0.29, 0.717) is 0 Å². The number of H-pyrrole nitrogens is 1. The van der Waals surface area contributed by atoms with Crippen molar-refractivity contribution in [3.05, 3.63) is 69.9 Å². The average molecular weight is 305 g/mol. The summed E-state index contributed by atoms with van der Waals surface area (Å²) in [4.78, 5) is 16.0. The van der Waals surface area contributed by atoms with E-state index in [2.05, 4.69) is 36.2 Å². The summed E-state index contributed by atoms with van der Waals surface area (Å²) in [5.74, 6) is 0. The summed E-state index contributed by atoms with van der Waals surface area (Å²) in [6.45, 7) is 4.12. The monoisotopic (exact) mass is 305 g/mol. The molecule has 2 nitrogen and oxygen atoms in total. The van der Waals surface area contributed by atoms with Crippen molar-refractivity contribution in [1.29, 1.82) is 0 Å². The highest BCUT2D eigenvalue weighted by molar-refractivity contribution is 5.83. The Labute approximate surface area is 137 Å². The van der Waals surface area contributed by atoms with Gasteiger partial charge in [0.2, 0.25) is 0 Å². The number of hydrogen-bond acceptors (Lipinski definition) is 1. The van der Waals surface area contributed by atoms with Crippen molar-refractivity contribution in [3.63, 3.8) is 0 Å². The van der Waals surface area contributed by atoms with Gasteiger partial charge >= 0.3 is 0 Å². The lowest BCUT2D eigenvalue weighted by atomic mass is 10.0. The molecule has 0 aliphatic heterocycles. The van der Waals surface area contributed by atoms with Crippen molar-refractivity contribution in [1.82, 2.24) is 4.98 Å². The average Bonchev–Trinajstić information content (AvgIpc) is 2.59. The van der Waals surface area contributed by atoms with E-state index >= 15 is 0 Å². The molecule has 3 aromatic rings. The first-order valence-electron chi connectivity index (χ1n) is 8.41. The van der Waals surface area contributed by atoms with Gasteiger partial charge in [-0.15, -0.1) is 0 Å². The van der Waals surface area contributed by atoms with Crippen LogP contribution in [0.25, 0.3) is 22.2 Å². The molecule has 23 heavy (non-hydrogen) atoms. The molecule has 0 bridgehead atoms. The number of pyridine rings is 1. The summed E-state index contributed by atoms with van der Waals surface area (Å²) >= 11 is 0. The SMILES string of the molecule is CCCCCc1ccc(-c2[nH]c3ccccc3c(=O)c2C)cc1. The maximum absolute atomic E-state index is 12.5. The Balaban J connectivity index is 1.97. The molecular formula is C21H23NO. The van der Waals surface area contributed by atoms with Crippen LogP contribution in [0.2, 0.25) is 0 Å². The minimum atomic E-state index is 0.112. The summed E-state index contributed by atoms with van der Waals surface area (Å²) < 4.78 is 0. The van der Waals surface area contributed by atoms with Crippen molar-refractivity contribution in [2.45, 2.75) is 39.5 Å². The van der Waals surface area contributed by atoms with Crippen LogP contribution >= 0.6 is 0 Å². The van der Waals surface area contributed by atoms with Gasteiger partial charge in [0.05, 0.1) is 5.69 Å². The number of fused-ring (bicyclic) bond motifs is 1. The van der Waals surface area contributed by atoms with E-state index < -0.39 is 0 Å². The summed E-state index contributed by atoms with van der Waals surface area (Å²) in [5.41, 5.74) is 5.15. The van der Waals surface area contributed by atoms with Crippen LogP contribution in [0, 0.1) is 6.92 Å². The zero-order chi connectivity index (χ0) is 16.2. The summed E-state index contributed by atoms with van der Waals surface area (Å²) in [6.07, 6.45) is 4.89. The van der Waals surface area contributed by atoms with Gasteiger partial charge in [0.1, 0.15) is 0 Å². The van der Waals surface area contributed by atoms with Crippen molar-refractivity contribution >= 4 is 10.9 Å². The van der Waals surface area contributed by atoms with Gasteiger partial charge in [-0.3, -0.25) is 4.79 Å². The maximum atomic E-state index is 12.5. The third-order valence-electron chi connectivity index (χ3n) is 4.46. The maximum Gasteiger partial charge on any atom is 0.192 e. The minimum absolute atomic E-state index is 0.112. The number of aromatic nitrogens is 1. The smallest absolute Gasteiger partial charge is 0.192 e. The predicted molar refractivity (Wildman–Crippen MR) is 98.0 cm³/mol. The molecule has 1 aromatic heterocycles. The number of unbranched alkanes of at least 4 members (excludes halogenated alkanes) is 2. The Morgan fingerprint density at radius 2 is 1.70 bits per heavy atom. The van der Waals surface area contributed by atoms with Crippen molar-refractivity contribution in [2.24, 2.45) is 0 Å². The van der Waals surface area contributed by atoms with E-state index in [1.165, 1.54) is 24.8 Å². The Hall–Kier alpha value is -2.35. The van der Waals surface area contributed by atoms with Gasteiger partial charge in [0.25, 0.3) is 0 Å². The molecule has 0 fully saturated rings. The molecule has 0 amide bonds. The fourth-order valence-corrected chi connectivity index (χ4v) is 3.04. The number of hydrogen-bond donors (Lipinski definition) is 1. The lowest BCUT2D eigenvalue weighted by molar-refractivity contribution is 0.717. The van der Waals surface area contributed by atoms with Crippen molar-refractivity contribution < 1.29 is 0 Å². The molecule has 0 radical (unpaired) electrons. The van der Waals surface area contributed by atoms with Crippen LogP contribution in [0.3, 0.4) is 0 Å². The number of nitrogens with one attached hydrogen (secondary N) is 1. The van der Waals surface area contributed by atoms with Gasteiger partial charge in [0, 0.05) is 16.5 Å². The first kappa shape index (κ1) is 15.5. The second-order valence-corrected chi connectivity index (χ2v) is 6.15. The highest BCUT2D eigenvalue weighted by Crippen LogP contribution is 2.23. The number of para-hydroxylation sites is 1. The van der Waals surface area contributed by atoms with E-state index in [1.807, 2.05) is 31.2 Å². The molecule has 0 saturated heterocycles. The van der Waals surface area contributed by atoms with E-state index in [4.69, 9.17) is 0 Å². The Morgan fingerprint density at radius 3 is 2.43 bits per heavy atom. The third-order valence-corrected chi connectivity index (χ3v) is 4.46. The van der Waals surface area contributed by atoms with Gasteiger partial charge in [0.15, 0.2) is 5.43 Å². The zero-order valence-electron chi connectivity index (χ0n) is 13.9. The van der Waals surface area contributed by atoms with Crippen LogP contribution in [0.4, 0.5) is 0 Å². The van der Waals surface area contributed by atoms with Crippen LogP contribution < -0.4 is 5.43 Å². The zero-order valence-corrected chi connectivity index (χ0v) is 13.9. The molecule has 0 spiro atoms. The molecule has 2 aromatic carbocycles. The molecule has 3 rings (SSSR count). The molecule has 0 aliphatic carbocycles. The van der Waals surface area contributed by atoms with E-state index in [9.17, 15) is 4.79 Å². The van der Waals surface area contributed by atoms with Crippen molar-refractivity contribution in [3.8, 4) is 11.3 Å². The van der Waals surface area contributed by atoms with Crippen LogP contribution in [0.1, 0.15) is 37.3 Å². The topological polar surface area (TPSA) is 32.9 Å². The van der Waals surface area contributed by atoms with Gasteiger partial charge in [-0.1, -0.05) is 56.2 Å². The van der Waals surface area contributed by atoms with Crippen LogP contribution in [0.15, 0.2) is 53.3 Å². The standard InChI is InChI=1S/C21H23NO/c1-3-4-5-8-16-11-13-17(14-12-16)20-15(2)21(23)18-9-6-7-10-19(18)22-20/h6-7,9-14H,3-5,8H2,1-2H3,(H,22,23). The molecular weight excluding hydrogens is 282 g/mol. The largest absolute Gasteiger partial charge is 0.354 e. The predicted octanol–water partition coefficient (Wildman–Crippen LogP) is 5.24. The third kappa shape index (κ3) is 3.21. The fourth-order valence-electron chi connectivity index (χ4n) is 3.04. The highest BCUT2D eigenvalue weighted by atomic mass is 16.1. The highest BCUT2D eigenvalue weighted by Gasteiger charge is 2.09. The summed E-state index contributed by atoms with van der Waals surface area (Å²) in [7, 11) is 0. The number of benzene rings is 2. The lowest BCUT2D eigenvalue weighted by Crippen LogP contribution is -2.09. The summed E-state index contributed by atoms with van der Waals surface area (Å²) in [5, 5.41) is 0.755. The molecule has 1 N–H and O–H groups in total. The first-order chi connectivity index (χ1) is 11.2. The molecule has 0 saturated carbocycles. The van der Waals surface area contributed by atoms with Crippen LogP contribution in [-0.4, -0.2) is 4.98 Å². The second-order valence-electron chi connectivity index (χ2n) is 6.15.